The summed E-state index contributed by atoms with van der Waals surface area (Å²) in [5.74, 6) is -0.445. The second-order valence-corrected chi connectivity index (χ2v) is 6.88. The Hall–Kier alpha value is -2.71. The van der Waals surface area contributed by atoms with E-state index in [4.69, 9.17) is 4.74 Å². The first-order chi connectivity index (χ1) is 13.0. The quantitative estimate of drug-likeness (QED) is 0.819. The van der Waals surface area contributed by atoms with E-state index in [9.17, 15) is 9.59 Å². The summed E-state index contributed by atoms with van der Waals surface area (Å²) in [6.45, 7) is 1.47. The molecular formula is C19H25N5O3. The summed E-state index contributed by atoms with van der Waals surface area (Å²) >= 11 is 0. The monoisotopic (exact) mass is 371 g/mol. The lowest BCUT2D eigenvalue weighted by Crippen LogP contribution is -2.51. The van der Waals surface area contributed by atoms with Crippen LogP contribution in [0.5, 0.6) is 0 Å². The zero-order chi connectivity index (χ0) is 19.4. The lowest BCUT2D eigenvalue weighted by atomic mass is 9.97. The summed E-state index contributed by atoms with van der Waals surface area (Å²) in [7, 11) is 5.68. The summed E-state index contributed by atoms with van der Waals surface area (Å²) in [5.41, 5.74) is 1.46. The molecule has 1 N–H and O–H groups in total. The Bertz CT molecular complexity index is 790. The Morgan fingerprint density at radius 3 is 2.78 bits per heavy atom. The molecule has 1 aromatic heterocycles. The van der Waals surface area contributed by atoms with Crippen molar-refractivity contribution in [3.63, 3.8) is 0 Å². The topological polar surface area (TPSA) is 79.7 Å². The van der Waals surface area contributed by atoms with Crippen molar-refractivity contribution in [2.45, 2.75) is 18.7 Å². The number of carbonyl (C=O) groups excluding carboxylic acids is 2. The molecule has 27 heavy (non-hydrogen) atoms. The van der Waals surface area contributed by atoms with E-state index in [1.165, 1.54) is 0 Å². The minimum absolute atomic E-state index is 0.111. The predicted molar refractivity (Wildman–Crippen MR) is 101 cm³/mol. The van der Waals surface area contributed by atoms with Crippen LogP contribution in [-0.4, -0.2) is 71.8 Å². The number of ether oxygens (including phenoxy) is 1. The number of hydrogen-bond acceptors (Lipinski definition) is 5. The van der Waals surface area contributed by atoms with Crippen molar-refractivity contribution in [1.82, 2.24) is 19.6 Å². The van der Waals surface area contributed by atoms with Crippen LogP contribution in [0.4, 0.5) is 5.69 Å². The molecule has 0 aliphatic carbocycles. The van der Waals surface area contributed by atoms with Gasteiger partial charge in [-0.25, -0.2) is 0 Å². The molecule has 2 atom stereocenters. The number of anilines is 1. The summed E-state index contributed by atoms with van der Waals surface area (Å²) in [4.78, 5) is 28.6. The number of nitrogens with one attached hydrogen (secondary N) is 1. The van der Waals surface area contributed by atoms with Crippen molar-refractivity contribution in [3.05, 3.63) is 48.3 Å². The molecule has 3 rings (SSSR count). The SMILES string of the molecule is CN(C)CCn1cc(NC(=O)C2OCC(=O)N(C)C2c2ccccc2)cn1. The van der Waals surface area contributed by atoms with E-state index in [1.807, 2.05) is 44.4 Å². The Morgan fingerprint density at radius 1 is 1.33 bits per heavy atom. The molecule has 0 saturated carbocycles. The molecule has 8 nitrogen and oxygen atoms in total. The normalized spacial score (nSPS) is 20.1. The summed E-state index contributed by atoms with van der Waals surface area (Å²) in [6, 6.07) is 8.96. The summed E-state index contributed by atoms with van der Waals surface area (Å²) in [6.07, 6.45) is 2.61. The van der Waals surface area contributed by atoms with Gasteiger partial charge in [0.25, 0.3) is 5.91 Å². The molecule has 8 heteroatoms. The van der Waals surface area contributed by atoms with E-state index in [0.29, 0.717) is 5.69 Å². The predicted octanol–water partition coefficient (Wildman–Crippen LogP) is 0.982. The van der Waals surface area contributed by atoms with Gasteiger partial charge in [-0.15, -0.1) is 0 Å². The third-order valence-corrected chi connectivity index (χ3v) is 4.56. The standard InChI is InChI=1S/C19H25N5O3/c1-22(2)9-10-24-12-15(11-20-24)21-19(26)18-17(14-7-5-4-6-8-14)23(3)16(25)13-27-18/h4-8,11-12,17-18H,9-10,13H2,1-3H3,(H,21,26). The van der Waals surface area contributed by atoms with E-state index in [-0.39, 0.29) is 18.4 Å². The van der Waals surface area contributed by atoms with Crippen LogP contribution in [0.15, 0.2) is 42.7 Å². The summed E-state index contributed by atoms with van der Waals surface area (Å²) < 4.78 is 7.39. The van der Waals surface area contributed by atoms with Crippen molar-refractivity contribution in [2.24, 2.45) is 0 Å². The van der Waals surface area contributed by atoms with Crippen LogP contribution in [0.25, 0.3) is 0 Å². The van der Waals surface area contributed by atoms with Gasteiger partial charge in [-0.05, 0) is 19.7 Å². The van der Waals surface area contributed by atoms with Gasteiger partial charge in [0.05, 0.1) is 24.5 Å². The van der Waals surface area contributed by atoms with E-state index in [0.717, 1.165) is 18.7 Å². The molecule has 0 bridgehead atoms. The maximum Gasteiger partial charge on any atom is 0.256 e. The molecular weight excluding hydrogens is 346 g/mol. The molecule has 2 heterocycles. The maximum absolute atomic E-state index is 12.9. The van der Waals surface area contributed by atoms with Crippen LogP contribution in [0.2, 0.25) is 0 Å². The van der Waals surface area contributed by atoms with Crippen LogP contribution in [-0.2, 0) is 20.9 Å². The van der Waals surface area contributed by atoms with Crippen molar-refractivity contribution < 1.29 is 14.3 Å². The number of rotatable bonds is 6. The number of morpholine rings is 1. The number of benzene rings is 1. The van der Waals surface area contributed by atoms with Crippen molar-refractivity contribution in [3.8, 4) is 0 Å². The average Bonchev–Trinajstić information content (AvgIpc) is 3.10. The first kappa shape index (κ1) is 19.1. The van der Waals surface area contributed by atoms with Crippen molar-refractivity contribution in [2.75, 3.05) is 39.6 Å². The van der Waals surface area contributed by atoms with Gasteiger partial charge in [-0.3, -0.25) is 14.3 Å². The number of aromatic nitrogens is 2. The Labute approximate surface area is 158 Å². The molecule has 1 aliphatic heterocycles. The molecule has 0 spiro atoms. The first-order valence-corrected chi connectivity index (χ1v) is 8.86. The third-order valence-electron chi connectivity index (χ3n) is 4.56. The number of nitrogens with zero attached hydrogens (tertiary/aromatic N) is 4. The lowest BCUT2D eigenvalue weighted by Gasteiger charge is -2.38. The van der Waals surface area contributed by atoms with Gasteiger partial charge in [0.1, 0.15) is 6.61 Å². The minimum Gasteiger partial charge on any atom is -0.356 e. The fourth-order valence-corrected chi connectivity index (χ4v) is 3.05. The van der Waals surface area contributed by atoms with Crippen LogP contribution in [0.3, 0.4) is 0 Å². The highest BCUT2D eigenvalue weighted by molar-refractivity contribution is 5.96. The Kier molecular flexibility index (Phi) is 5.88. The maximum atomic E-state index is 12.9. The third kappa shape index (κ3) is 4.53. The molecule has 1 aliphatic rings. The molecule has 0 radical (unpaired) electrons. The smallest absolute Gasteiger partial charge is 0.256 e. The molecule has 2 amide bonds. The van der Waals surface area contributed by atoms with E-state index >= 15 is 0 Å². The average molecular weight is 371 g/mol. The van der Waals surface area contributed by atoms with Gasteiger partial charge in [-0.2, -0.15) is 5.10 Å². The van der Waals surface area contributed by atoms with Crippen LogP contribution in [0.1, 0.15) is 11.6 Å². The van der Waals surface area contributed by atoms with Crippen LogP contribution < -0.4 is 5.32 Å². The van der Waals surface area contributed by atoms with E-state index in [1.54, 1.807) is 29.0 Å². The van der Waals surface area contributed by atoms with Gasteiger partial charge < -0.3 is 19.9 Å². The fourth-order valence-electron chi connectivity index (χ4n) is 3.05. The largest absolute Gasteiger partial charge is 0.356 e. The van der Waals surface area contributed by atoms with Gasteiger partial charge >= 0.3 is 0 Å². The molecule has 1 fully saturated rings. The Balaban J connectivity index is 1.73. The van der Waals surface area contributed by atoms with Gasteiger partial charge in [0, 0.05) is 19.8 Å². The zero-order valence-corrected chi connectivity index (χ0v) is 15.8. The molecule has 144 valence electrons. The summed E-state index contributed by atoms with van der Waals surface area (Å²) in [5, 5.41) is 7.12. The second kappa shape index (κ2) is 8.32. The highest BCUT2D eigenvalue weighted by Crippen LogP contribution is 2.29. The fraction of sp³-hybridized carbons (Fsp3) is 0.421. The second-order valence-electron chi connectivity index (χ2n) is 6.88. The highest BCUT2D eigenvalue weighted by Gasteiger charge is 2.40. The molecule has 2 unspecified atom stereocenters. The van der Waals surface area contributed by atoms with Crippen LogP contribution >= 0.6 is 0 Å². The van der Waals surface area contributed by atoms with Gasteiger partial charge in [-0.1, -0.05) is 30.3 Å². The van der Waals surface area contributed by atoms with Gasteiger partial charge in [0.2, 0.25) is 5.91 Å². The number of carbonyl (C=O) groups is 2. The highest BCUT2D eigenvalue weighted by atomic mass is 16.5. The number of hydrogen-bond donors (Lipinski definition) is 1. The van der Waals surface area contributed by atoms with Gasteiger partial charge in [0.15, 0.2) is 6.10 Å². The lowest BCUT2D eigenvalue weighted by molar-refractivity contribution is -0.160. The zero-order valence-electron chi connectivity index (χ0n) is 15.8. The van der Waals surface area contributed by atoms with Crippen molar-refractivity contribution >= 4 is 17.5 Å². The minimum atomic E-state index is -0.791. The number of amides is 2. The molecule has 2 aromatic rings. The van der Waals surface area contributed by atoms with E-state index in [2.05, 4.69) is 15.3 Å². The molecule has 1 aromatic carbocycles. The molecule has 1 saturated heterocycles. The van der Waals surface area contributed by atoms with E-state index < -0.39 is 12.1 Å². The Morgan fingerprint density at radius 2 is 2.07 bits per heavy atom. The first-order valence-electron chi connectivity index (χ1n) is 8.86. The van der Waals surface area contributed by atoms with Crippen LogP contribution in [0, 0.1) is 0 Å². The van der Waals surface area contributed by atoms with Crippen molar-refractivity contribution in [1.29, 1.82) is 0 Å². The number of likely N-dealkylation sites (N-methyl/N-ethyl adjacent to an activating group) is 2.